The van der Waals surface area contributed by atoms with Crippen molar-refractivity contribution in [2.75, 3.05) is 25.6 Å². The molecule has 0 unspecified atom stereocenters. The van der Waals surface area contributed by atoms with Crippen LogP contribution in [0.4, 0.5) is 5.69 Å². The molecule has 7 heteroatoms. The second-order valence-electron chi connectivity index (χ2n) is 6.00. The molecular weight excluding hydrogens is 360 g/mol. The van der Waals surface area contributed by atoms with Gasteiger partial charge in [-0.1, -0.05) is 18.2 Å². The summed E-state index contributed by atoms with van der Waals surface area (Å²) in [7, 11) is 1.59. The van der Waals surface area contributed by atoms with Gasteiger partial charge in [0, 0.05) is 24.2 Å². The first kappa shape index (κ1) is 21.0. The third-order valence-corrected chi connectivity index (χ3v) is 3.89. The summed E-state index contributed by atoms with van der Waals surface area (Å²) in [5, 5.41) is 5.30. The van der Waals surface area contributed by atoms with Crippen molar-refractivity contribution in [1.29, 1.82) is 0 Å². The van der Waals surface area contributed by atoms with Gasteiger partial charge in [-0.15, -0.1) is 0 Å². The zero-order valence-electron chi connectivity index (χ0n) is 16.0. The normalized spacial score (nSPS) is 10.1. The van der Waals surface area contributed by atoms with Gasteiger partial charge < -0.3 is 20.1 Å². The number of hydrogen-bond donors (Lipinski definition) is 2. The van der Waals surface area contributed by atoms with Crippen LogP contribution in [0.2, 0.25) is 0 Å². The smallest absolute Gasteiger partial charge is 0.306 e. The van der Waals surface area contributed by atoms with Crippen molar-refractivity contribution < 1.29 is 23.9 Å². The number of aryl methyl sites for hydroxylation is 1. The summed E-state index contributed by atoms with van der Waals surface area (Å²) in [6, 6.07) is 13.9. The Balaban J connectivity index is 1.76. The Hall–Kier alpha value is -3.35. The maximum absolute atomic E-state index is 12.0. The van der Waals surface area contributed by atoms with Gasteiger partial charge in [-0.2, -0.15) is 0 Å². The minimum absolute atomic E-state index is 0.173. The van der Waals surface area contributed by atoms with Crippen molar-refractivity contribution in [3.63, 3.8) is 0 Å². The Bertz CT molecular complexity index is 818. The van der Waals surface area contributed by atoms with Gasteiger partial charge in [0.2, 0.25) is 0 Å². The van der Waals surface area contributed by atoms with E-state index in [4.69, 9.17) is 9.47 Å². The molecule has 0 spiro atoms. The standard InChI is InChI=1S/C21H24N2O5/c1-3-22-21(26)16-5-4-6-17(13-16)23-19(24)14-28-20(25)12-9-15-7-10-18(27-2)11-8-15/h4-8,10-11,13H,3,9,12,14H2,1-2H3,(H,22,26)(H,23,24). The van der Waals surface area contributed by atoms with Gasteiger partial charge in [0.25, 0.3) is 11.8 Å². The SMILES string of the molecule is CCNC(=O)c1cccc(NC(=O)COC(=O)CCc2ccc(OC)cc2)c1. The molecule has 2 rings (SSSR count). The Morgan fingerprint density at radius 1 is 1.04 bits per heavy atom. The fraction of sp³-hybridized carbons (Fsp3) is 0.286. The van der Waals surface area contributed by atoms with E-state index >= 15 is 0 Å². The molecule has 0 aromatic heterocycles. The zero-order chi connectivity index (χ0) is 20.4. The first-order valence-electron chi connectivity index (χ1n) is 8.98. The maximum atomic E-state index is 12.0. The summed E-state index contributed by atoms with van der Waals surface area (Å²) >= 11 is 0. The lowest BCUT2D eigenvalue weighted by Crippen LogP contribution is -2.23. The molecule has 2 N–H and O–H groups in total. The topological polar surface area (TPSA) is 93.7 Å². The average molecular weight is 384 g/mol. The molecule has 0 atom stereocenters. The van der Waals surface area contributed by atoms with Crippen molar-refractivity contribution >= 4 is 23.5 Å². The van der Waals surface area contributed by atoms with Gasteiger partial charge in [-0.05, 0) is 49.2 Å². The molecule has 2 aromatic rings. The number of anilines is 1. The molecule has 2 aromatic carbocycles. The number of carbonyl (C=O) groups is 3. The van der Waals surface area contributed by atoms with Crippen LogP contribution < -0.4 is 15.4 Å². The molecule has 0 radical (unpaired) electrons. The minimum Gasteiger partial charge on any atom is -0.497 e. The summed E-state index contributed by atoms with van der Waals surface area (Å²) in [6.45, 7) is 1.96. The van der Waals surface area contributed by atoms with Gasteiger partial charge in [0.1, 0.15) is 5.75 Å². The molecular formula is C21H24N2O5. The predicted octanol–water partition coefficient (Wildman–Crippen LogP) is 2.56. The highest BCUT2D eigenvalue weighted by molar-refractivity contribution is 5.97. The van der Waals surface area contributed by atoms with Crippen LogP contribution in [0.15, 0.2) is 48.5 Å². The van der Waals surface area contributed by atoms with Crippen molar-refractivity contribution in [1.82, 2.24) is 5.32 Å². The summed E-state index contributed by atoms with van der Waals surface area (Å²) in [6.07, 6.45) is 0.686. The van der Waals surface area contributed by atoms with Crippen molar-refractivity contribution in [3.8, 4) is 5.75 Å². The van der Waals surface area contributed by atoms with E-state index in [-0.39, 0.29) is 18.9 Å². The second-order valence-corrected chi connectivity index (χ2v) is 6.00. The molecule has 0 aliphatic heterocycles. The molecule has 0 aliphatic carbocycles. The zero-order valence-corrected chi connectivity index (χ0v) is 16.0. The number of ether oxygens (including phenoxy) is 2. The minimum atomic E-state index is -0.467. The van der Waals surface area contributed by atoms with E-state index in [2.05, 4.69) is 10.6 Å². The predicted molar refractivity (Wildman–Crippen MR) is 105 cm³/mol. The van der Waals surface area contributed by atoms with E-state index < -0.39 is 11.9 Å². The lowest BCUT2D eigenvalue weighted by molar-refractivity contribution is -0.147. The largest absolute Gasteiger partial charge is 0.497 e. The number of hydrogen-bond acceptors (Lipinski definition) is 5. The molecule has 7 nitrogen and oxygen atoms in total. The van der Waals surface area contributed by atoms with Crippen LogP contribution in [0.3, 0.4) is 0 Å². The van der Waals surface area contributed by atoms with Crippen LogP contribution in [0.25, 0.3) is 0 Å². The Labute approximate surface area is 164 Å². The first-order valence-corrected chi connectivity index (χ1v) is 8.98. The Kier molecular flexibility index (Phi) is 8.02. The van der Waals surface area contributed by atoms with Crippen molar-refractivity contribution in [3.05, 3.63) is 59.7 Å². The second kappa shape index (κ2) is 10.7. The highest BCUT2D eigenvalue weighted by Gasteiger charge is 2.10. The monoisotopic (exact) mass is 384 g/mol. The van der Waals surface area contributed by atoms with Crippen LogP contribution in [-0.4, -0.2) is 38.0 Å². The van der Waals surface area contributed by atoms with Gasteiger partial charge >= 0.3 is 5.97 Å². The van der Waals surface area contributed by atoms with E-state index in [1.807, 2.05) is 31.2 Å². The quantitative estimate of drug-likeness (QED) is 0.648. The van der Waals surface area contributed by atoms with E-state index in [0.29, 0.717) is 24.2 Å². The number of carbonyl (C=O) groups excluding carboxylic acids is 3. The third kappa shape index (κ3) is 6.75. The molecule has 0 saturated heterocycles. The van der Waals surface area contributed by atoms with Crippen LogP contribution in [0.5, 0.6) is 5.75 Å². The van der Waals surface area contributed by atoms with Crippen molar-refractivity contribution in [2.24, 2.45) is 0 Å². The summed E-state index contributed by atoms with van der Waals surface area (Å²) in [5.74, 6) is -0.393. The van der Waals surface area contributed by atoms with Gasteiger partial charge in [0.15, 0.2) is 6.61 Å². The lowest BCUT2D eigenvalue weighted by Gasteiger charge is -2.08. The lowest BCUT2D eigenvalue weighted by atomic mass is 10.1. The number of nitrogens with one attached hydrogen (secondary N) is 2. The first-order chi connectivity index (χ1) is 13.5. The number of esters is 1. The van der Waals surface area contributed by atoms with Crippen molar-refractivity contribution in [2.45, 2.75) is 19.8 Å². The van der Waals surface area contributed by atoms with Gasteiger partial charge in [0.05, 0.1) is 7.11 Å². The van der Waals surface area contributed by atoms with Crippen LogP contribution in [0, 0.1) is 0 Å². The Morgan fingerprint density at radius 3 is 2.46 bits per heavy atom. The molecule has 0 fully saturated rings. The van der Waals surface area contributed by atoms with Gasteiger partial charge in [-0.25, -0.2) is 0 Å². The van der Waals surface area contributed by atoms with Crippen LogP contribution in [-0.2, 0) is 20.7 Å². The average Bonchev–Trinajstić information content (AvgIpc) is 2.71. The fourth-order valence-electron chi connectivity index (χ4n) is 2.45. The van der Waals surface area contributed by atoms with Gasteiger partial charge in [-0.3, -0.25) is 14.4 Å². The maximum Gasteiger partial charge on any atom is 0.306 e. The Morgan fingerprint density at radius 2 is 1.79 bits per heavy atom. The third-order valence-electron chi connectivity index (χ3n) is 3.89. The molecule has 148 valence electrons. The molecule has 2 amide bonds. The number of rotatable bonds is 9. The number of methoxy groups -OCH3 is 1. The molecule has 0 saturated carbocycles. The highest BCUT2D eigenvalue weighted by atomic mass is 16.5. The fourth-order valence-corrected chi connectivity index (χ4v) is 2.45. The highest BCUT2D eigenvalue weighted by Crippen LogP contribution is 2.13. The molecule has 0 aliphatic rings. The molecule has 0 bridgehead atoms. The number of amides is 2. The summed E-state index contributed by atoms with van der Waals surface area (Å²) in [5.41, 5.74) is 1.88. The number of benzene rings is 2. The van der Waals surface area contributed by atoms with Crippen LogP contribution in [0.1, 0.15) is 29.3 Å². The van der Waals surface area contributed by atoms with E-state index in [1.54, 1.807) is 31.4 Å². The van der Waals surface area contributed by atoms with E-state index in [0.717, 1.165) is 11.3 Å². The summed E-state index contributed by atoms with van der Waals surface area (Å²) in [4.78, 5) is 35.6. The summed E-state index contributed by atoms with van der Waals surface area (Å²) < 4.78 is 10.1. The van der Waals surface area contributed by atoms with Crippen LogP contribution >= 0.6 is 0 Å². The molecule has 28 heavy (non-hydrogen) atoms. The van der Waals surface area contributed by atoms with E-state index in [1.165, 1.54) is 0 Å². The van der Waals surface area contributed by atoms with E-state index in [9.17, 15) is 14.4 Å². The molecule has 0 heterocycles.